The molecule has 0 radical (unpaired) electrons. The van der Waals surface area contributed by atoms with Gasteiger partial charge in [0.25, 0.3) is 0 Å². The lowest BCUT2D eigenvalue weighted by Gasteiger charge is -2.12. The van der Waals surface area contributed by atoms with E-state index in [1.54, 1.807) is 31.9 Å². The van der Waals surface area contributed by atoms with Crippen molar-refractivity contribution >= 4 is 11.6 Å². The molecule has 0 saturated heterocycles. The first kappa shape index (κ1) is 23.0. The molecule has 3 aromatic carbocycles. The van der Waals surface area contributed by atoms with Crippen molar-refractivity contribution in [1.29, 1.82) is 0 Å². The number of benzene rings is 3. The summed E-state index contributed by atoms with van der Waals surface area (Å²) < 4.78 is 23.8. The molecule has 36 heavy (non-hydrogen) atoms. The molecule has 0 bridgehead atoms. The Morgan fingerprint density at radius 3 is 2.33 bits per heavy atom. The molecule has 1 N–H and O–H groups in total. The van der Waals surface area contributed by atoms with Gasteiger partial charge in [0.2, 0.25) is 11.8 Å². The van der Waals surface area contributed by atoms with Gasteiger partial charge in [-0.3, -0.25) is 0 Å². The fraction of sp³-hybridized carbons (Fsp3) is 0.148. The van der Waals surface area contributed by atoms with Crippen molar-refractivity contribution in [2.75, 3.05) is 26.6 Å². The molecule has 182 valence electrons. The molecular formula is C27H25N5O4. The van der Waals surface area contributed by atoms with Crippen molar-refractivity contribution in [2.24, 2.45) is 0 Å². The smallest absolute Gasteiger partial charge is 0.229 e. The molecule has 0 unspecified atom stereocenters. The summed E-state index contributed by atoms with van der Waals surface area (Å²) in [6.07, 6.45) is 0. The molecule has 9 heteroatoms. The number of nitrogens with zero attached hydrogens (tertiary/aromatic N) is 4. The highest BCUT2D eigenvalue weighted by Crippen LogP contribution is 2.29. The summed E-state index contributed by atoms with van der Waals surface area (Å²) in [5, 5.41) is 8.06. The maximum Gasteiger partial charge on any atom is 0.229 e. The Morgan fingerprint density at radius 1 is 0.750 bits per heavy atom. The highest BCUT2D eigenvalue weighted by Gasteiger charge is 2.15. The zero-order chi connectivity index (χ0) is 24.9. The van der Waals surface area contributed by atoms with E-state index in [0.717, 1.165) is 16.9 Å². The van der Waals surface area contributed by atoms with E-state index < -0.39 is 0 Å². The molecule has 2 heterocycles. The molecule has 9 nitrogen and oxygen atoms in total. The number of nitrogens with one attached hydrogen (secondary N) is 1. The van der Waals surface area contributed by atoms with Crippen LogP contribution in [0.2, 0.25) is 0 Å². The lowest BCUT2D eigenvalue weighted by molar-refractivity contribution is 0.354. The molecular weight excluding hydrogens is 458 g/mol. The second-order valence-electron chi connectivity index (χ2n) is 7.81. The Kier molecular flexibility index (Phi) is 6.53. The predicted octanol–water partition coefficient (Wildman–Crippen LogP) is 5.22. The van der Waals surface area contributed by atoms with Crippen molar-refractivity contribution in [3.63, 3.8) is 0 Å². The average molecular weight is 484 g/mol. The molecule has 0 atom stereocenters. The monoisotopic (exact) mass is 483 g/mol. The SMILES string of the molecule is COc1cccc(-c2nc3cc(Oc4ccccc4)nc(NCc4ccc(OC)c(OC)c4)n3n2)c1. The van der Waals surface area contributed by atoms with E-state index in [2.05, 4.69) is 10.3 Å². The minimum Gasteiger partial charge on any atom is -0.497 e. The van der Waals surface area contributed by atoms with Crippen LogP contribution in [0.5, 0.6) is 28.9 Å². The van der Waals surface area contributed by atoms with Gasteiger partial charge >= 0.3 is 0 Å². The topological polar surface area (TPSA) is 92.0 Å². The van der Waals surface area contributed by atoms with Crippen molar-refractivity contribution in [3.05, 3.63) is 84.4 Å². The Labute approximate surface area is 208 Å². The summed E-state index contributed by atoms with van der Waals surface area (Å²) >= 11 is 0. The molecule has 2 aromatic heterocycles. The zero-order valence-electron chi connectivity index (χ0n) is 20.1. The fourth-order valence-electron chi connectivity index (χ4n) is 3.70. The van der Waals surface area contributed by atoms with Crippen LogP contribution in [0.1, 0.15) is 5.56 Å². The largest absolute Gasteiger partial charge is 0.497 e. The second-order valence-corrected chi connectivity index (χ2v) is 7.81. The maximum atomic E-state index is 6.01. The van der Waals surface area contributed by atoms with Gasteiger partial charge in [-0.2, -0.15) is 9.50 Å². The van der Waals surface area contributed by atoms with E-state index in [-0.39, 0.29) is 0 Å². The van der Waals surface area contributed by atoms with Crippen LogP contribution in [-0.4, -0.2) is 40.9 Å². The number of hydrogen-bond acceptors (Lipinski definition) is 8. The Balaban J connectivity index is 1.52. The van der Waals surface area contributed by atoms with E-state index >= 15 is 0 Å². The standard InChI is InChI=1S/C27H25N5O4/c1-33-21-11-7-8-19(15-21)26-29-24-16-25(36-20-9-5-4-6-10-20)30-27(32(24)31-26)28-17-18-12-13-22(34-2)23(14-18)35-3/h4-16H,17H2,1-3H3,(H,28,30). The Morgan fingerprint density at radius 2 is 1.56 bits per heavy atom. The Hall–Kier alpha value is -4.79. The van der Waals surface area contributed by atoms with Crippen LogP contribution < -0.4 is 24.3 Å². The van der Waals surface area contributed by atoms with Crippen LogP contribution in [-0.2, 0) is 6.54 Å². The van der Waals surface area contributed by atoms with Gasteiger partial charge in [0, 0.05) is 18.2 Å². The number of anilines is 1. The minimum atomic E-state index is 0.396. The number of fused-ring (bicyclic) bond motifs is 1. The number of rotatable bonds is 9. The van der Waals surface area contributed by atoms with E-state index in [1.165, 1.54) is 0 Å². The van der Waals surface area contributed by atoms with Crippen molar-refractivity contribution in [2.45, 2.75) is 6.54 Å². The molecule has 0 saturated carbocycles. The molecule has 0 spiro atoms. The van der Waals surface area contributed by atoms with Gasteiger partial charge in [-0.05, 0) is 42.0 Å². The van der Waals surface area contributed by atoms with Crippen LogP contribution in [0, 0.1) is 0 Å². The number of methoxy groups -OCH3 is 3. The summed E-state index contributed by atoms with van der Waals surface area (Å²) in [6.45, 7) is 0.464. The molecule has 0 aliphatic heterocycles. The molecule has 0 fully saturated rings. The van der Waals surface area contributed by atoms with Crippen LogP contribution in [0.3, 0.4) is 0 Å². The van der Waals surface area contributed by atoms with Crippen LogP contribution in [0.15, 0.2) is 78.9 Å². The van der Waals surface area contributed by atoms with E-state index in [9.17, 15) is 0 Å². The highest BCUT2D eigenvalue weighted by molar-refractivity contribution is 5.62. The van der Waals surface area contributed by atoms with E-state index in [4.69, 9.17) is 29.0 Å². The minimum absolute atomic E-state index is 0.396. The quantitative estimate of drug-likeness (QED) is 0.305. The summed E-state index contributed by atoms with van der Waals surface area (Å²) in [7, 11) is 4.85. The summed E-state index contributed by atoms with van der Waals surface area (Å²) in [4.78, 5) is 9.40. The van der Waals surface area contributed by atoms with Gasteiger partial charge in [0.1, 0.15) is 11.5 Å². The summed E-state index contributed by atoms with van der Waals surface area (Å²) in [6, 6.07) is 24.6. The van der Waals surface area contributed by atoms with Crippen molar-refractivity contribution < 1.29 is 18.9 Å². The third-order valence-corrected chi connectivity index (χ3v) is 5.49. The molecule has 5 aromatic rings. The van der Waals surface area contributed by atoms with E-state index in [1.807, 2.05) is 72.8 Å². The predicted molar refractivity (Wildman–Crippen MR) is 136 cm³/mol. The Bertz CT molecular complexity index is 1490. The van der Waals surface area contributed by atoms with Gasteiger partial charge in [-0.15, -0.1) is 5.10 Å². The average Bonchev–Trinajstić information content (AvgIpc) is 3.36. The fourth-order valence-corrected chi connectivity index (χ4v) is 3.70. The first-order valence-electron chi connectivity index (χ1n) is 11.3. The lowest BCUT2D eigenvalue weighted by Crippen LogP contribution is -2.08. The summed E-state index contributed by atoms with van der Waals surface area (Å²) in [5.74, 6) is 4.14. The van der Waals surface area contributed by atoms with Crippen LogP contribution >= 0.6 is 0 Å². The first-order chi connectivity index (χ1) is 17.7. The number of ether oxygens (including phenoxy) is 4. The summed E-state index contributed by atoms with van der Waals surface area (Å²) in [5.41, 5.74) is 2.39. The van der Waals surface area contributed by atoms with E-state index in [0.29, 0.717) is 47.1 Å². The molecule has 0 amide bonds. The van der Waals surface area contributed by atoms with Crippen LogP contribution in [0.4, 0.5) is 5.95 Å². The third-order valence-electron chi connectivity index (χ3n) is 5.49. The number of para-hydroxylation sites is 1. The van der Waals surface area contributed by atoms with Gasteiger partial charge in [0.05, 0.1) is 21.3 Å². The van der Waals surface area contributed by atoms with Gasteiger partial charge < -0.3 is 24.3 Å². The first-order valence-corrected chi connectivity index (χ1v) is 11.3. The highest BCUT2D eigenvalue weighted by atomic mass is 16.5. The second kappa shape index (κ2) is 10.2. The van der Waals surface area contributed by atoms with Gasteiger partial charge in [-0.25, -0.2) is 4.98 Å². The normalized spacial score (nSPS) is 10.8. The van der Waals surface area contributed by atoms with Gasteiger partial charge in [-0.1, -0.05) is 36.4 Å². The maximum absolute atomic E-state index is 6.01. The number of hydrogen-bond donors (Lipinski definition) is 1. The van der Waals surface area contributed by atoms with Gasteiger partial charge in [0.15, 0.2) is 23.0 Å². The lowest BCUT2D eigenvalue weighted by atomic mass is 10.2. The molecule has 5 rings (SSSR count). The van der Waals surface area contributed by atoms with Crippen molar-refractivity contribution in [1.82, 2.24) is 19.6 Å². The molecule has 0 aliphatic rings. The van der Waals surface area contributed by atoms with Crippen LogP contribution in [0.25, 0.3) is 17.0 Å². The molecule has 0 aliphatic carbocycles. The van der Waals surface area contributed by atoms with Crippen molar-refractivity contribution in [3.8, 4) is 40.3 Å². The third kappa shape index (κ3) is 4.85. The zero-order valence-corrected chi connectivity index (χ0v) is 20.1. The number of aromatic nitrogens is 4.